The van der Waals surface area contributed by atoms with Crippen molar-refractivity contribution in [3.63, 3.8) is 0 Å². The predicted octanol–water partition coefficient (Wildman–Crippen LogP) is 2.97. The van der Waals surface area contributed by atoms with Gasteiger partial charge in [0.25, 0.3) is 0 Å². The van der Waals surface area contributed by atoms with Gasteiger partial charge in [0.1, 0.15) is 10.9 Å². The molecule has 0 atom stereocenters. The molecule has 0 aliphatic carbocycles. The van der Waals surface area contributed by atoms with Crippen LogP contribution in [0.15, 0.2) is 41.4 Å². The third-order valence-electron chi connectivity index (χ3n) is 2.36. The van der Waals surface area contributed by atoms with E-state index in [1.807, 2.05) is 20.3 Å². The molecule has 0 amide bonds. The first-order valence-electron chi connectivity index (χ1n) is 4.92. The molecule has 0 radical (unpaired) electrons. The number of rotatable bonds is 2. The highest BCUT2D eigenvalue weighted by molar-refractivity contribution is 9.10. The SMILES string of the molecule is CN(C)c1ccc(-c2cncnc2Br)cc1. The van der Waals surface area contributed by atoms with Crippen molar-refractivity contribution in [2.45, 2.75) is 0 Å². The Kier molecular flexibility index (Phi) is 3.19. The summed E-state index contributed by atoms with van der Waals surface area (Å²) in [7, 11) is 4.05. The molecule has 0 spiro atoms. The number of hydrogen-bond donors (Lipinski definition) is 0. The molecule has 2 aromatic rings. The van der Waals surface area contributed by atoms with E-state index in [-0.39, 0.29) is 0 Å². The van der Waals surface area contributed by atoms with Crippen molar-refractivity contribution in [2.75, 3.05) is 19.0 Å². The summed E-state index contributed by atoms with van der Waals surface area (Å²) in [6.45, 7) is 0. The summed E-state index contributed by atoms with van der Waals surface area (Å²) >= 11 is 3.42. The summed E-state index contributed by atoms with van der Waals surface area (Å²) in [4.78, 5) is 10.2. The fourth-order valence-corrected chi connectivity index (χ4v) is 1.87. The van der Waals surface area contributed by atoms with Gasteiger partial charge in [-0.2, -0.15) is 0 Å². The van der Waals surface area contributed by atoms with E-state index in [9.17, 15) is 0 Å². The fourth-order valence-electron chi connectivity index (χ4n) is 1.45. The van der Waals surface area contributed by atoms with Gasteiger partial charge in [-0.3, -0.25) is 0 Å². The average molecular weight is 278 g/mol. The third-order valence-corrected chi connectivity index (χ3v) is 2.99. The monoisotopic (exact) mass is 277 g/mol. The first-order chi connectivity index (χ1) is 7.68. The van der Waals surface area contributed by atoms with Crippen molar-refractivity contribution < 1.29 is 0 Å². The number of halogens is 1. The standard InChI is InChI=1S/C12H12BrN3/c1-16(2)10-5-3-9(4-6-10)11-7-14-8-15-12(11)13/h3-8H,1-2H3. The number of benzene rings is 1. The maximum absolute atomic E-state index is 4.11. The van der Waals surface area contributed by atoms with Gasteiger partial charge < -0.3 is 4.90 Å². The summed E-state index contributed by atoms with van der Waals surface area (Å²) in [5, 5.41) is 0. The lowest BCUT2D eigenvalue weighted by atomic mass is 10.1. The zero-order valence-corrected chi connectivity index (χ0v) is 10.8. The van der Waals surface area contributed by atoms with Crippen LogP contribution in [0.3, 0.4) is 0 Å². The van der Waals surface area contributed by atoms with Gasteiger partial charge in [0, 0.05) is 31.5 Å². The fraction of sp³-hybridized carbons (Fsp3) is 0.167. The number of nitrogens with zero attached hydrogens (tertiary/aromatic N) is 3. The van der Waals surface area contributed by atoms with Gasteiger partial charge in [0.2, 0.25) is 0 Å². The van der Waals surface area contributed by atoms with Crippen molar-refractivity contribution in [3.8, 4) is 11.1 Å². The largest absolute Gasteiger partial charge is 0.378 e. The normalized spacial score (nSPS) is 10.2. The van der Waals surface area contributed by atoms with Crippen LogP contribution in [0.1, 0.15) is 0 Å². The zero-order valence-electron chi connectivity index (χ0n) is 9.18. The zero-order chi connectivity index (χ0) is 11.5. The van der Waals surface area contributed by atoms with Crippen molar-refractivity contribution in [3.05, 3.63) is 41.4 Å². The second-order valence-corrected chi connectivity index (χ2v) is 4.42. The molecule has 2 rings (SSSR count). The molecule has 82 valence electrons. The van der Waals surface area contributed by atoms with Gasteiger partial charge in [-0.15, -0.1) is 0 Å². The maximum Gasteiger partial charge on any atom is 0.117 e. The Morgan fingerprint density at radius 3 is 2.38 bits per heavy atom. The molecule has 0 bridgehead atoms. The molecule has 1 aromatic heterocycles. The highest BCUT2D eigenvalue weighted by Gasteiger charge is 2.04. The highest BCUT2D eigenvalue weighted by atomic mass is 79.9. The minimum atomic E-state index is 0.820. The van der Waals surface area contributed by atoms with Gasteiger partial charge in [-0.05, 0) is 33.6 Å². The van der Waals surface area contributed by atoms with Crippen LogP contribution in [-0.4, -0.2) is 24.1 Å². The summed E-state index contributed by atoms with van der Waals surface area (Å²) in [6.07, 6.45) is 3.34. The Bertz CT molecular complexity index is 480. The van der Waals surface area contributed by atoms with Gasteiger partial charge in [0.05, 0.1) is 0 Å². The first kappa shape index (κ1) is 11.1. The molecule has 0 fully saturated rings. The Hall–Kier alpha value is -1.42. The molecule has 16 heavy (non-hydrogen) atoms. The molecule has 4 heteroatoms. The average Bonchev–Trinajstić information content (AvgIpc) is 2.30. The molecule has 0 aliphatic rings. The summed E-state index contributed by atoms with van der Waals surface area (Å²) in [5.74, 6) is 0. The molecule has 1 aromatic carbocycles. The maximum atomic E-state index is 4.11. The second kappa shape index (κ2) is 4.61. The second-order valence-electron chi connectivity index (χ2n) is 3.67. The Balaban J connectivity index is 2.39. The summed E-state index contributed by atoms with van der Waals surface area (Å²) in [6, 6.07) is 8.29. The molecular weight excluding hydrogens is 266 g/mol. The van der Waals surface area contributed by atoms with E-state index in [0.717, 1.165) is 15.7 Å². The van der Waals surface area contributed by atoms with Crippen molar-refractivity contribution >= 4 is 21.6 Å². The van der Waals surface area contributed by atoms with E-state index >= 15 is 0 Å². The molecule has 0 aliphatic heterocycles. The molecule has 3 nitrogen and oxygen atoms in total. The van der Waals surface area contributed by atoms with Crippen molar-refractivity contribution in [2.24, 2.45) is 0 Å². The smallest absolute Gasteiger partial charge is 0.117 e. The molecule has 0 N–H and O–H groups in total. The van der Waals surface area contributed by atoms with E-state index in [4.69, 9.17) is 0 Å². The molecule has 1 heterocycles. The number of hydrogen-bond acceptors (Lipinski definition) is 3. The first-order valence-corrected chi connectivity index (χ1v) is 5.71. The molecule has 0 saturated heterocycles. The molecular formula is C12H12BrN3. The van der Waals surface area contributed by atoms with E-state index in [0.29, 0.717) is 0 Å². The van der Waals surface area contributed by atoms with Crippen LogP contribution in [0.25, 0.3) is 11.1 Å². The topological polar surface area (TPSA) is 29.0 Å². The van der Waals surface area contributed by atoms with Crippen LogP contribution in [0.4, 0.5) is 5.69 Å². The summed E-state index contributed by atoms with van der Waals surface area (Å²) < 4.78 is 0.820. The lowest BCUT2D eigenvalue weighted by Crippen LogP contribution is -2.07. The lowest BCUT2D eigenvalue weighted by Gasteiger charge is -2.12. The van der Waals surface area contributed by atoms with E-state index in [1.54, 1.807) is 0 Å². The van der Waals surface area contributed by atoms with Gasteiger partial charge in [-0.1, -0.05) is 12.1 Å². The Morgan fingerprint density at radius 2 is 1.81 bits per heavy atom. The van der Waals surface area contributed by atoms with E-state index < -0.39 is 0 Å². The van der Waals surface area contributed by atoms with Crippen LogP contribution >= 0.6 is 15.9 Å². The number of aromatic nitrogens is 2. The van der Waals surface area contributed by atoms with Crippen LogP contribution in [0, 0.1) is 0 Å². The van der Waals surface area contributed by atoms with Crippen molar-refractivity contribution in [1.29, 1.82) is 0 Å². The van der Waals surface area contributed by atoms with Crippen LogP contribution < -0.4 is 4.90 Å². The summed E-state index contributed by atoms with van der Waals surface area (Å²) in [5.41, 5.74) is 3.29. The van der Waals surface area contributed by atoms with E-state index in [2.05, 4.69) is 55.1 Å². The van der Waals surface area contributed by atoms with Crippen LogP contribution in [0.2, 0.25) is 0 Å². The number of anilines is 1. The Morgan fingerprint density at radius 1 is 1.12 bits per heavy atom. The third kappa shape index (κ3) is 2.22. The van der Waals surface area contributed by atoms with Crippen LogP contribution in [-0.2, 0) is 0 Å². The quantitative estimate of drug-likeness (QED) is 0.791. The minimum absolute atomic E-state index is 0.820. The van der Waals surface area contributed by atoms with Crippen LogP contribution in [0.5, 0.6) is 0 Å². The molecule has 0 unspecified atom stereocenters. The Labute approximate surface area is 103 Å². The minimum Gasteiger partial charge on any atom is -0.378 e. The van der Waals surface area contributed by atoms with Gasteiger partial charge >= 0.3 is 0 Å². The van der Waals surface area contributed by atoms with E-state index in [1.165, 1.54) is 12.0 Å². The van der Waals surface area contributed by atoms with Gasteiger partial charge in [0.15, 0.2) is 0 Å². The highest BCUT2D eigenvalue weighted by Crippen LogP contribution is 2.26. The lowest BCUT2D eigenvalue weighted by molar-refractivity contribution is 1.13. The molecule has 0 saturated carbocycles. The van der Waals surface area contributed by atoms with Gasteiger partial charge in [-0.25, -0.2) is 9.97 Å². The van der Waals surface area contributed by atoms with Crippen molar-refractivity contribution in [1.82, 2.24) is 9.97 Å². The predicted molar refractivity (Wildman–Crippen MR) is 69.5 cm³/mol.